The van der Waals surface area contributed by atoms with Gasteiger partial charge in [0.15, 0.2) is 0 Å². The van der Waals surface area contributed by atoms with E-state index in [0.717, 1.165) is 3.57 Å². The molecule has 0 aliphatic rings. The fourth-order valence-corrected chi connectivity index (χ4v) is 1.60. The van der Waals surface area contributed by atoms with Gasteiger partial charge in [-0.15, -0.1) is 0 Å². The van der Waals surface area contributed by atoms with Crippen molar-refractivity contribution in [3.05, 3.63) is 16.0 Å². The van der Waals surface area contributed by atoms with Crippen LogP contribution in [0.3, 0.4) is 0 Å². The molecule has 84 valence electrons. The molecule has 0 aromatic carbocycles. The summed E-state index contributed by atoms with van der Waals surface area (Å²) in [5, 5.41) is 7.01. The van der Waals surface area contributed by atoms with E-state index in [4.69, 9.17) is 4.74 Å². The molecule has 1 aromatic rings. The molecule has 1 aromatic heterocycles. The Kier molecular flexibility index (Phi) is 5.03. The SMILES string of the molecule is CCOC(=O)C(Cn1cc(I)cn1)NC. The van der Waals surface area contributed by atoms with Crippen LogP contribution >= 0.6 is 22.6 Å². The summed E-state index contributed by atoms with van der Waals surface area (Å²) < 4.78 is 7.70. The second-order valence-corrected chi connectivity index (χ2v) is 4.22. The van der Waals surface area contributed by atoms with Crippen molar-refractivity contribution in [2.75, 3.05) is 13.7 Å². The molecule has 0 bridgehead atoms. The zero-order valence-electron chi connectivity index (χ0n) is 8.74. The molecule has 0 spiro atoms. The van der Waals surface area contributed by atoms with Gasteiger partial charge < -0.3 is 10.1 Å². The largest absolute Gasteiger partial charge is 0.465 e. The first-order valence-corrected chi connectivity index (χ1v) is 5.77. The van der Waals surface area contributed by atoms with Crippen molar-refractivity contribution >= 4 is 28.6 Å². The maximum atomic E-state index is 11.5. The molecule has 1 rings (SSSR count). The Hall–Kier alpha value is -0.630. The van der Waals surface area contributed by atoms with Crippen molar-refractivity contribution in [2.45, 2.75) is 19.5 Å². The van der Waals surface area contributed by atoms with E-state index in [1.807, 2.05) is 6.20 Å². The second kappa shape index (κ2) is 6.06. The van der Waals surface area contributed by atoms with E-state index in [9.17, 15) is 4.79 Å². The molecular formula is C9H14IN3O2. The van der Waals surface area contributed by atoms with Crippen LogP contribution in [-0.4, -0.2) is 35.4 Å². The third-order valence-electron chi connectivity index (χ3n) is 1.89. The highest BCUT2D eigenvalue weighted by Gasteiger charge is 2.18. The van der Waals surface area contributed by atoms with Crippen molar-refractivity contribution < 1.29 is 9.53 Å². The highest BCUT2D eigenvalue weighted by molar-refractivity contribution is 14.1. The molecule has 0 saturated heterocycles. The number of nitrogens with one attached hydrogen (secondary N) is 1. The summed E-state index contributed by atoms with van der Waals surface area (Å²) in [6.07, 6.45) is 3.63. The van der Waals surface area contributed by atoms with Gasteiger partial charge in [0.25, 0.3) is 0 Å². The predicted molar refractivity (Wildman–Crippen MR) is 64.4 cm³/mol. The number of hydrogen-bond acceptors (Lipinski definition) is 4. The summed E-state index contributed by atoms with van der Waals surface area (Å²) in [4.78, 5) is 11.5. The number of nitrogens with zero attached hydrogens (tertiary/aromatic N) is 2. The Balaban J connectivity index is 2.57. The Bertz CT molecular complexity index is 327. The Morgan fingerprint density at radius 2 is 2.53 bits per heavy atom. The number of ether oxygens (including phenoxy) is 1. The van der Waals surface area contributed by atoms with E-state index in [1.165, 1.54) is 0 Å². The van der Waals surface area contributed by atoms with Gasteiger partial charge in [0.1, 0.15) is 6.04 Å². The van der Waals surface area contributed by atoms with Crippen LogP contribution in [0.15, 0.2) is 12.4 Å². The van der Waals surface area contributed by atoms with Gasteiger partial charge in [-0.3, -0.25) is 9.48 Å². The van der Waals surface area contributed by atoms with Crippen molar-refractivity contribution in [2.24, 2.45) is 0 Å². The zero-order chi connectivity index (χ0) is 11.3. The van der Waals surface area contributed by atoms with E-state index in [1.54, 1.807) is 24.9 Å². The number of likely N-dealkylation sites (N-methyl/N-ethyl adjacent to an activating group) is 1. The number of halogens is 1. The lowest BCUT2D eigenvalue weighted by Crippen LogP contribution is -2.39. The maximum Gasteiger partial charge on any atom is 0.325 e. The lowest BCUT2D eigenvalue weighted by molar-refractivity contribution is -0.145. The number of rotatable bonds is 5. The molecule has 5 nitrogen and oxygen atoms in total. The first-order chi connectivity index (χ1) is 7.17. The van der Waals surface area contributed by atoms with Crippen molar-refractivity contribution in [3.63, 3.8) is 0 Å². The zero-order valence-corrected chi connectivity index (χ0v) is 10.9. The molecule has 1 unspecified atom stereocenters. The van der Waals surface area contributed by atoms with Crippen LogP contribution in [0.25, 0.3) is 0 Å². The quantitative estimate of drug-likeness (QED) is 0.638. The van der Waals surface area contributed by atoms with Gasteiger partial charge in [-0.25, -0.2) is 0 Å². The molecule has 0 amide bonds. The summed E-state index contributed by atoms with van der Waals surface area (Å²) in [5.74, 6) is -0.245. The fraction of sp³-hybridized carbons (Fsp3) is 0.556. The van der Waals surface area contributed by atoms with Crippen molar-refractivity contribution in [1.82, 2.24) is 15.1 Å². The summed E-state index contributed by atoms with van der Waals surface area (Å²) in [6, 6.07) is -0.347. The number of esters is 1. The summed E-state index contributed by atoms with van der Waals surface area (Å²) in [7, 11) is 1.73. The Labute approximate surface area is 102 Å². The normalized spacial score (nSPS) is 12.5. The van der Waals surface area contributed by atoms with Crippen LogP contribution in [-0.2, 0) is 16.1 Å². The topological polar surface area (TPSA) is 56.2 Å². The number of aromatic nitrogens is 2. The highest BCUT2D eigenvalue weighted by Crippen LogP contribution is 2.02. The van der Waals surface area contributed by atoms with Crippen LogP contribution in [0.5, 0.6) is 0 Å². The van der Waals surface area contributed by atoms with Gasteiger partial charge in [-0.1, -0.05) is 0 Å². The predicted octanol–water partition coefficient (Wildman–Crippen LogP) is 0.639. The first-order valence-electron chi connectivity index (χ1n) is 4.69. The highest BCUT2D eigenvalue weighted by atomic mass is 127. The number of carbonyl (C=O) groups excluding carboxylic acids is 1. The molecule has 0 aliphatic carbocycles. The molecule has 1 atom stereocenters. The fourth-order valence-electron chi connectivity index (χ4n) is 1.15. The second-order valence-electron chi connectivity index (χ2n) is 2.97. The molecule has 0 radical (unpaired) electrons. The average Bonchev–Trinajstić information content (AvgIpc) is 2.61. The van der Waals surface area contributed by atoms with E-state index in [0.29, 0.717) is 13.2 Å². The molecule has 0 saturated carbocycles. The van der Waals surface area contributed by atoms with Gasteiger partial charge in [0, 0.05) is 6.20 Å². The molecule has 15 heavy (non-hydrogen) atoms. The third-order valence-corrected chi connectivity index (χ3v) is 2.45. The maximum absolute atomic E-state index is 11.5. The molecule has 6 heteroatoms. The van der Waals surface area contributed by atoms with Crippen molar-refractivity contribution in [3.8, 4) is 0 Å². The monoisotopic (exact) mass is 323 g/mol. The van der Waals surface area contributed by atoms with Gasteiger partial charge >= 0.3 is 5.97 Å². The molecule has 1 N–H and O–H groups in total. The van der Waals surface area contributed by atoms with Gasteiger partial charge in [0.2, 0.25) is 0 Å². The first kappa shape index (κ1) is 12.4. The molecule has 1 heterocycles. The summed E-state index contributed by atoms with van der Waals surface area (Å²) in [6.45, 7) is 2.67. The van der Waals surface area contributed by atoms with E-state index >= 15 is 0 Å². The van der Waals surface area contributed by atoms with Gasteiger partial charge in [-0.2, -0.15) is 5.10 Å². The minimum absolute atomic E-state index is 0.245. The van der Waals surface area contributed by atoms with Crippen LogP contribution in [0.4, 0.5) is 0 Å². The number of carbonyl (C=O) groups is 1. The van der Waals surface area contributed by atoms with Crippen LogP contribution in [0, 0.1) is 3.57 Å². The standard InChI is InChI=1S/C9H14IN3O2/c1-3-15-9(14)8(11-2)6-13-5-7(10)4-12-13/h4-5,8,11H,3,6H2,1-2H3. The lowest BCUT2D eigenvalue weighted by Gasteiger charge is -2.14. The minimum Gasteiger partial charge on any atom is -0.465 e. The average molecular weight is 323 g/mol. The smallest absolute Gasteiger partial charge is 0.325 e. The van der Waals surface area contributed by atoms with Crippen LogP contribution in [0.2, 0.25) is 0 Å². The van der Waals surface area contributed by atoms with E-state index in [2.05, 4.69) is 33.0 Å². The van der Waals surface area contributed by atoms with E-state index < -0.39 is 0 Å². The van der Waals surface area contributed by atoms with E-state index in [-0.39, 0.29) is 12.0 Å². The van der Waals surface area contributed by atoms with Crippen molar-refractivity contribution in [1.29, 1.82) is 0 Å². The Morgan fingerprint density at radius 1 is 1.80 bits per heavy atom. The molecule has 0 aliphatic heterocycles. The van der Waals surface area contributed by atoms with Crippen LogP contribution in [0.1, 0.15) is 6.92 Å². The number of hydrogen-bond donors (Lipinski definition) is 1. The van der Waals surface area contributed by atoms with Gasteiger partial charge in [0.05, 0.1) is 22.9 Å². The third kappa shape index (κ3) is 3.78. The minimum atomic E-state index is -0.347. The summed E-state index contributed by atoms with van der Waals surface area (Å²) in [5.41, 5.74) is 0. The molecular weight excluding hydrogens is 309 g/mol. The summed E-state index contributed by atoms with van der Waals surface area (Å²) >= 11 is 2.17. The van der Waals surface area contributed by atoms with Crippen LogP contribution < -0.4 is 5.32 Å². The van der Waals surface area contributed by atoms with Gasteiger partial charge in [-0.05, 0) is 36.6 Å². The Morgan fingerprint density at radius 3 is 3.00 bits per heavy atom. The molecule has 0 fully saturated rings. The lowest BCUT2D eigenvalue weighted by atomic mass is 10.3.